The monoisotopic (exact) mass is 462 g/mol. The smallest absolute Gasteiger partial charge is 0.320 e. The molecule has 0 aromatic carbocycles. The zero-order chi connectivity index (χ0) is 23.9. The van der Waals surface area contributed by atoms with Gasteiger partial charge in [-0.1, -0.05) is 0 Å². The molecule has 32 heavy (non-hydrogen) atoms. The van der Waals surface area contributed by atoms with Gasteiger partial charge in [-0.2, -0.15) is 0 Å². The predicted molar refractivity (Wildman–Crippen MR) is 115 cm³/mol. The van der Waals surface area contributed by atoms with Crippen LogP contribution in [0.25, 0.3) is 0 Å². The lowest BCUT2D eigenvalue weighted by Crippen LogP contribution is -2.51. The van der Waals surface area contributed by atoms with Crippen molar-refractivity contribution in [3.05, 3.63) is 0 Å². The molecular weight excluding hydrogens is 424 g/mol. The number of carbonyl (C=O) groups excluding carboxylic acids is 1. The van der Waals surface area contributed by atoms with E-state index < -0.39 is 11.9 Å². The molecule has 0 aliphatic carbocycles. The van der Waals surface area contributed by atoms with Crippen molar-refractivity contribution in [1.29, 1.82) is 0 Å². The van der Waals surface area contributed by atoms with Gasteiger partial charge in [0.15, 0.2) is 0 Å². The lowest BCUT2D eigenvalue weighted by atomic mass is 10.2. The van der Waals surface area contributed by atoms with Gasteiger partial charge < -0.3 is 25.2 Å². The summed E-state index contributed by atoms with van der Waals surface area (Å²) in [6.45, 7) is 4.86. The Morgan fingerprint density at radius 1 is 0.781 bits per heavy atom. The third-order valence-electron chi connectivity index (χ3n) is 5.44. The highest BCUT2D eigenvalue weighted by molar-refractivity contribution is 5.71. The molecule has 1 aliphatic rings. The number of hydrogen-bond donors (Lipinski definition) is 4. The Labute approximate surface area is 188 Å². The van der Waals surface area contributed by atoms with E-state index in [1.54, 1.807) is 16.7 Å². The number of nitrogens with zero attached hydrogens (tertiary/aromatic N) is 4. The van der Waals surface area contributed by atoms with Crippen LogP contribution in [0.15, 0.2) is 0 Å². The number of aliphatic carboxylic acids is 2. The Morgan fingerprint density at radius 2 is 1.22 bits per heavy atom. The largest absolute Gasteiger partial charge is 0.480 e. The summed E-state index contributed by atoms with van der Waals surface area (Å²) in [4.78, 5) is 42.0. The molecule has 0 aromatic rings. The van der Waals surface area contributed by atoms with E-state index in [1.807, 2.05) is 9.80 Å². The van der Waals surface area contributed by atoms with Crippen molar-refractivity contribution in [2.75, 3.05) is 91.8 Å². The van der Waals surface area contributed by atoms with Crippen molar-refractivity contribution in [3.63, 3.8) is 0 Å². The summed E-state index contributed by atoms with van der Waals surface area (Å²) in [5, 5.41) is 37.7. The van der Waals surface area contributed by atoms with Gasteiger partial charge in [-0.25, -0.2) is 0 Å². The first kappa shape index (κ1) is 28.2. The van der Waals surface area contributed by atoms with Crippen molar-refractivity contribution >= 4 is 17.9 Å². The van der Waals surface area contributed by atoms with Crippen LogP contribution in [0.5, 0.6) is 0 Å². The molecule has 1 heterocycles. The number of hydrogen-bond acceptors (Lipinski definition) is 10. The maximum absolute atomic E-state index is 12.0. The molecule has 0 spiro atoms. The minimum atomic E-state index is -0.956. The molecule has 1 atom stereocenters. The first-order valence-electron chi connectivity index (χ1n) is 11.0. The molecule has 0 aromatic heterocycles. The van der Waals surface area contributed by atoms with Gasteiger partial charge in [-0.15, -0.1) is 0 Å². The maximum Gasteiger partial charge on any atom is 0.320 e. The minimum absolute atomic E-state index is 0.0465. The molecule has 186 valence electrons. The lowest BCUT2D eigenvalue weighted by Gasteiger charge is -2.36. The summed E-state index contributed by atoms with van der Waals surface area (Å²) in [6.07, 6.45) is 0.363. The SMILES string of the molecule is CCOC(=O)CN1CCN(CC(=O)O)CCN(C(CO)CCO)CCN(CC(=O)O)CC1. The molecule has 12 nitrogen and oxygen atoms in total. The summed E-state index contributed by atoms with van der Waals surface area (Å²) in [5.74, 6) is -2.29. The van der Waals surface area contributed by atoms with Crippen molar-refractivity contribution in [1.82, 2.24) is 19.6 Å². The summed E-state index contributed by atoms with van der Waals surface area (Å²) < 4.78 is 5.03. The number of esters is 1. The van der Waals surface area contributed by atoms with E-state index in [4.69, 9.17) is 4.74 Å². The number of carboxylic acid groups (broad SMARTS) is 2. The zero-order valence-corrected chi connectivity index (χ0v) is 18.9. The summed E-state index contributed by atoms with van der Waals surface area (Å²) >= 11 is 0. The van der Waals surface area contributed by atoms with Crippen LogP contribution in [0.4, 0.5) is 0 Å². The van der Waals surface area contributed by atoms with Crippen molar-refractivity contribution < 1.29 is 39.5 Å². The molecule has 12 heteroatoms. The van der Waals surface area contributed by atoms with E-state index in [1.165, 1.54) is 0 Å². The molecule has 1 aliphatic heterocycles. The molecule has 1 fully saturated rings. The van der Waals surface area contributed by atoms with Gasteiger partial charge in [-0.05, 0) is 13.3 Å². The number of rotatable bonds is 11. The molecule has 1 rings (SSSR count). The highest BCUT2D eigenvalue weighted by Crippen LogP contribution is 2.07. The molecule has 0 amide bonds. The fraction of sp³-hybridized carbons (Fsp3) is 0.850. The van der Waals surface area contributed by atoms with Crippen molar-refractivity contribution in [2.24, 2.45) is 0 Å². The van der Waals surface area contributed by atoms with Gasteiger partial charge in [0.2, 0.25) is 0 Å². The highest BCUT2D eigenvalue weighted by atomic mass is 16.5. The van der Waals surface area contributed by atoms with Crippen LogP contribution in [0.1, 0.15) is 13.3 Å². The molecule has 0 saturated carbocycles. The van der Waals surface area contributed by atoms with Crippen molar-refractivity contribution in [3.8, 4) is 0 Å². The third kappa shape index (κ3) is 11.7. The Balaban J connectivity index is 3.00. The molecule has 4 N–H and O–H groups in total. The Kier molecular flexibility index (Phi) is 14.0. The van der Waals surface area contributed by atoms with Crippen LogP contribution in [0.2, 0.25) is 0 Å². The van der Waals surface area contributed by atoms with Gasteiger partial charge in [0.25, 0.3) is 0 Å². The Bertz CT molecular complexity index is 548. The van der Waals surface area contributed by atoms with Gasteiger partial charge in [-0.3, -0.25) is 34.0 Å². The van der Waals surface area contributed by atoms with Crippen LogP contribution in [0.3, 0.4) is 0 Å². The summed E-state index contributed by atoms with van der Waals surface area (Å²) in [6, 6.07) is -0.304. The number of carboxylic acids is 2. The molecular formula is C20H38N4O8. The second-order valence-corrected chi connectivity index (χ2v) is 7.81. The standard InChI is InChI=1S/C20H38N4O8/c1-2-32-20(31)15-23-6-4-21(13-18(27)28)8-10-24(17(16-26)3-12-25)11-9-22(5-7-23)14-19(29)30/h17,25-26H,2-16H2,1H3,(H,27,28)(H,29,30). The van der Waals surface area contributed by atoms with Crippen LogP contribution >= 0.6 is 0 Å². The van der Waals surface area contributed by atoms with E-state index in [0.717, 1.165) is 0 Å². The number of aliphatic hydroxyl groups excluding tert-OH is 2. The first-order chi connectivity index (χ1) is 15.3. The van der Waals surface area contributed by atoms with Crippen LogP contribution < -0.4 is 0 Å². The van der Waals surface area contributed by atoms with Crippen LogP contribution in [0, 0.1) is 0 Å². The zero-order valence-electron chi connectivity index (χ0n) is 18.9. The fourth-order valence-electron chi connectivity index (χ4n) is 3.70. The minimum Gasteiger partial charge on any atom is -0.480 e. The fourth-order valence-corrected chi connectivity index (χ4v) is 3.70. The summed E-state index contributed by atoms with van der Waals surface area (Å²) in [5.41, 5.74) is 0. The second-order valence-electron chi connectivity index (χ2n) is 7.81. The molecule has 1 saturated heterocycles. The molecule has 0 radical (unpaired) electrons. The normalized spacial score (nSPS) is 19.6. The Hall–Kier alpha value is -1.83. The third-order valence-corrected chi connectivity index (χ3v) is 5.44. The molecule has 0 bridgehead atoms. The number of ether oxygens (including phenoxy) is 1. The van der Waals surface area contributed by atoms with E-state index in [9.17, 15) is 34.8 Å². The van der Waals surface area contributed by atoms with Gasteiger partial charge >= 0.3 is 17.9 Å². The van der Waals surface area contributed by atoms with Gasteiger partial charge in [0.1, 0.15) is 0 Å². The number of aliphatic hydroxyl groups is 2. The topological polar surface area (TPSA) is 154 Å². The van der Waals surface area contributed by atoms with E-state index >= 15 is 0 Å². The van der Waals surface area contributed by atoms with E-state index in [-0.39, 0.29) is 51.5 Å². The highest BCUT2D eigenvalue weighted by Gasteiger charge is 2.23. The van der Waals surface area contributed by atoms with Crippen LogP contribution in [-0.4, -0.2) is 156 Å². The van der Waals surface area contributed by atoms with Crippen molar-refractivity contribution in [2.45, 2.75) is 19.4 Å². The van der Waals surface area contributed by atoms with Gasteiger partial charge in [0, 0.05) is 65.0 Å². The number of carbonyl (C=O) groups is 3. The first-order valence-corrected chi connectivity index (χ1v) is 11.0. The summed E-state index contributed by atoms with van der Waals surface area (Å²) in [7, 11) is 0. The van der Waals surface area contributed by atoms with E-state index in [0.29, 0.717) is 58.8 Å². The predicted octanol–water partition coefficient (Wildman–Crippen LogP) is -2.32. The quantitative estimate of drug-likeness (QED) is 0.244. The maximum atomic E-state index is 12.0. The van der Waals surface area contributed by atoms with Crippen LogP contribution in [-0.2, 0) is 19.1 Å². The average Bonchev–Trinajstić information content (AvgIpc) is 2.71. The second kappa shape index (κ2) is 15.9. The average molecular weight is 463 g/mol. The lowest BCUT2D eigenvalue weighted by molar-refractivity contribution is -0.145. The van der Waals surface area contributed by atoms with E-state index in [2.05, 4.69) is 0 Å². The molecule has 1 unspecified atom stereocenters. The Morgan fingerprint density at radius 3 is 1.59 bits per heavy atom. The van der Waals surface area contributed by atoms with Gasteiger partial charge in [0.05, 0.1) is 32.8 Å².